The van der Waals surface area contributed by atoms with Gasteiger partial charge in [-0.25, -0.2) is 4.79 Å². The van der Waals surface area contributed by atoms with Crippen molar-refractivity contribution in [3.05, 3.63) is 12.2 Å². The number of nitrogens with one attached hydrogen (secondary N) is 1. The molecule has 0 radical (unpaired) electrons. The van der Waals surface area contributed by atoms with Gasteiger partial charge in [0.05, 0.1) is 18.6 Å². The molecule has 2 saturated carbocycles. The standard InChI is InChI=1S/C18H29NO4/c1-12-3-7-15(8-4-12)23-16-9-5-14(6-10-16)19-17(20)11-13(2)18(21)22/h12,14-16H,2-11H2,1H3,(H,19,20)(H,21,22). The second-order valence-corrected chi connectivity index (χ2v) is 7.14. The number of carbonyl (C=O) groups excluding carboxylic acids is 1. The van der Waals surface area contributed by atoms with E-state index in [1.54, 1.807) is 0 Å². The van der Waals surface area contributed by atoms with Gasteiger partial charge in [-0.1, -0.05) is 13.5 Å². The molecule has 2 N–H and O–H groups in total. The summed E-state index contributed by atoms with van der Waals surface area (Å²) in [6.07, 6.45) is 9.23. The highest BCUT2D eigenvalue weighted by atomic mass is 16.5. The van der Waals surface area contributed by atoms with Crippen molar-refractivity contribution in [1.82, 2.24) is 5.32 Å². The predicted molar refractivity (Wildman–Crippen MR) is 88.1 cm³/mol. The minimum atomic E-state index is -1.11. The molecule has 0 aromatic rings. The van der Waals surface area contributed by atoms with E-state index in [2.05, 4.69) is 18.8 Å². The third-order valence-corrected chi connectivity index (χ3v) is 5.06. The summed E-state index contributed by atoms with van der Waals surface area (Å²) in [6.45, 7) is 5.70. The molecule has 2 fully saturated rings. The molecule has 23 heavy (non-hydrogen) atoms. The summed E-state index contributed by atoms with van der Waals surface area (Å²) in [4.78, 5) is 22.5. The number of carbonyl (C=O) groups is 2. The van der Waals surface area contributed by atoms with Crippen LogP contribution in [0.3, 0.4) is 0 Å². The van der Waals surface area contributed by atoms with E-state index in [0.717, 1.165) is 31.6 Å². The van der Waals surface area contributed by atoms with Crippen LogP contribution in [0.2, 0.25) is 0 Å². The fraction of sp³-hybridized carbons (Fsp3) is 0.778. The van der Waals surface area contributed by atoms with Gasteiger partial charge in [-0.15, -0.1) is 0 Å². The number of hydrogen-bond acceptors (Lipinski definition) is 3. The number of carboxylic acids is 1. The molecule has 0 bridgehead atoms. The SMILES string of the molecule is C=C(CC(=O)NC1CCC(OC2CCC(C)CC2)CC1)C(=O)O. The lowest BCUT2D eigenvalue weighted by Gasteiger charge is -2.34. The number of amides is 1. The normalized spacial score (nSPS) is 31.3. The fourth-order valence-electron chi connectivity index (χ4n) is 3.53. The van der Waals surface area contributed by atoms with Gasteiger partial charge in [0.25, 0.3) is 0 Å². The molecule has 0 saturated heterocycles. The Kier molecular flexibility index (Phi) is 6.63. The fourth-order valence-corrected chi connectivity index (χ4v) is 3.53. The Labute approximate surface area is 138 Å². The average Bonchev–Trinajstić information content (AvgIpc) is 2.51. The Morgan fingerprint density at radius 1 is 1.04 bits per heavy atom. The highest BCUT2D eigenvalue weighted by molar-refractivity contribution is 5.93. The van der Waals surface area contributed by atoms with E-state index in [1.165, 1.54) is 25.7 Å². The Hall–Kier alpha value is -1.36. The van der Waals surface area contributed by atoms with Crippen LogP contribution in [0.5, 0.6) is 0 Å². The van der Waals surface area contributed by atoms with Crippen LogP contribution in [0.25, 0.3) is 0 Å². The summed E-state index contributed by atoms with van der Waals surface area (Å²) < 4.78 is 6.23. The van der Waals surface area contributed by atoms with E-state index < -0.39 is 5.97 Å². The second kappa shape index (κ2) is 8.48. The topological polar surface area (TPSA) is 75.6 Å². The molecule has 2 aliphatic rings. The third kappa shape index (κ3) is 5.98. The smallest absolute Gasteiger partial charge is 0.331 e. The summed E-state index contributed by atoms with van der Waals surface area (Å²) in [5.41, 5.74) is -0.0638. The highest BCUT2D eigenvalue weighted by Crippen LogP contribution is 2.29. The zero-order chi connectivity index (χ0) is 16.8. The molecule has 1 amide bonds. The van der Waals surface area contributed by atoms with E-state index in [1.807, 2.05) is 0 Å². The van der Waals surface area contributed by atoms with Crippen molar-refractivity contribution in [2.45, 2.75) is 83.0 Å². The lowest BCUT2D eigenvalue weighted by molar-refractivity contribution is -0.134. The maximum absolute atomic E-state index is 11.8. The minimum absolute atomic E-state index is 0.0638. The van der Waals surface area contributed by atoms with Crippen LogP contribution in [-0.2, 0) is 14.3 Å². The van der Waals surface area contributed by atoms with Gasteiger partial charge in [-0.2, -0.15) is 0 Å². The van der Waals surface area contributed by atoms with Crippen molar-refractivity contribution in [2.75, 3.05) is 0 Å². The number of hydrogen-bond donors (Lipinski definition) is 2. The van der Waals surface area contributed by atoms with Crippen LogP contribution in [0.4, 0.5) is 0 Å². The Balaban J connectivity index is 1.64. The van der Waals surface area contributed by atoms with Gasteiger partial charge in [0.2, 0.25) is 5.91 Å². The molecular formula is C18H29NO4. The van der Waals surface area contributed by atoms with Crippen molar-refractivity contribution in [1.29, 1.82) is 0 Å². The lowest BCUT2D eigenvalue weighted by atomic mass is 9.88. The monoisotopic (exact) mass is 323 g/mol. The number of rotatable bonds is 6. The van der Waals surface area contributed by atoms with Crippen molar-refractivity contribution < 1.29 is 19.4 Å². The molecule has 0 aromatic carbocycles. The molecule has 5 heteroatoms. The first-order chi connectivity index (χ1) is 10.9. The Morgan fingerprint density at radius 3 is 2.09 bits per heavy atom. The lowest BCUT2D eigenvalue weighted by Crippen LogP contribution is -2.40. The third-order valence-electron chi connectivity index (χ3n) is 5.06. The van der Waals surface area contributed by atoms with E-state index in [9.17, 15) is 9.59 Å². The van der Waals surface area contributed by atoms with Crippen molar-refractivity contribution in [3.63, 3.8) is 0 Å². The average molecular weight is 323 g/mol. The van der Waals surface area contributed by atoms with Crippen LogP contribution in [0.15, 0.2) is 12.2 Å². The second-order valence-electron chi connectivity index (χ2n) is 7.14. The summed E-state index contributed by atoms with van der Waals surface area (Å²) in [5.74, 6) is -0.525. The molecule has 0 aromatic heterocycles. The number of ether oxygens (including phenoxy) is 1. The number of carboxylic acid groups (broad SMARTS) is 1. The van der Waals surface area contributed by atoms with Gasteiger partial charge in [0.1, 0.15) is 0 Å². The summed E-state index contributed by atoms with van der Waals surface area (Å²) in [6, 6.07) is 0.135. The first kappa shape index (κ1) is 18.0. The maximum Gasteiger partial charge on any atom is 0.331 e. The first-order valence-electron chi connectivity index (χ1n) is 8.80. The van der Waals surface area contributed by atoms with Gasteiger partial charge >= 0.3 is 5.97 Å². The van der Waals surface area contributed by atoms with Crippen LogP contribution in [-0.4, -0.2) is 35.2 Å². The molecule has 0 unspecified atom stereocenters. The number of aliphatic carboxylic acids is 1. The summed E-state index contributed by atoms with van der Waals surface area (Å²) >= 11 is 0. The zero-order valence-electron chi connectivity index (χ0n) is 14.1. The molecule has 2 rings (SSSR count). The van der Waals surface area contributed by atoms with Gasteiger partial charge < -0.3 is 15.2 Å². The van der Waals surface area contributed by atoms with E-state index in [0.29, 0.717) is 12.2 Å². The molecule has 0 atom stereocenters. The first-order valence-corrected chi connectivity index (χ1v) is 8.80. The van der Waals surface area contributed by atoms with Crippen LogP contribution >= 0.6 is 0 Å². The molecule has 2 aliphatic carbocycles. The van der Waals surface area contributed by atoms with Crippen molar-refractivity contribution >= 4 is 11.9 Å². The predicted octanol–water partition coefficient (Wildman–Crippen LogP) is 3.04. The molecular weight excluding hydrogens is 294 g/mol. The summed E-state index contributed by atoms with van der Waals surface area (Å²) in [7, 11) is 0. The highest BCUT2D eigenvalue weighted by Gasteiger charge is 2.27. The van der Waals surface area contributed by atoms with Gasteiger partial charge in [-0.05, 0) is 57.3 Å². The molecule has 0 spiro atoms. The van der Waals surface area contributed by atoms with Crippen molar-refractivity contribution in [2.24, 2.45) is 5.92 Å². The Morgan fingerprint density at radius 2 is 1.57 bits per heavy atom. The zero-order valence-corrected chi connectivity index (χ0v) is 14.1. The van der Waals surface area contributed by atoms with Crippen LogP contribution in [0, 0.1) is 5.92 Å². The molecule has 130 valence electrons. The van der Waals surface area contributed by atoms with E-state index in [4.69, 9.17) is 9.84 Å². The van der Waals surface area contributed by atoms with Crippen molar-refractivity contribution in [3.8, 4) is 0 Å². The van der Waals surface area contributed by atoms with E-state index in [-0.39, 0.29) is 23.9 Å². The Bertz CT molecular complexity index is 432. The van der Waals surface area contributed by atoms with Crippen LogP contribution < -0.4 is 5.32 Å². The minimum Gasteiger partial charge on any atom is -0.478 e. The molecule has 5 nitrogen and oxygen atoms in total. The molecule has 0 aliphatic heterocycles. The quantitative estimate of drug-likeness (QED) is 0.737. The van der Waals surface area contributed by atoms with Gasteiger partial charge in [0.15, 0.2) is 0 Å². The van der Waals surface area contributed by atoms with Gasteiger partial charge in [0, 0.05) is 11.6 Å². The van der Waals surface area contributed by atoms with Crippen LogP contribution in [0.1, 0.15) is 64.7 Å². The largest absolute Gasteiger partial charge is 0.478 e. The van der Waals surface area contributed by atoms with Gasteiger partial charge in [-0.3, -0.25) is 4.79 Å². The molecule has 0 heterocycles. The van der Waals surface area contributed by atoms with E-state index >= 15 is 0 Å². The summed E-state index contributed by atoms with van der Waals surface area (Å²) in [5, 5.41) is 11.7. The maximum atomic E-state index is 11.8.